The fourth-order valence-corrected chi connectivity index (χ4v) is 16.0. The number of hydrogen-bond donors (Lipinski definition) is 0. The zero-order valence-corrected chi connectivity index (χ0v) is 53.7. The van der Waals surface area contributed by atoms with Crippen LogP contribution in [-0.2, 0) is 18.9 Å². The molecule has 2 atom stereocenters. The van der Waals surface area contributed by atoms with Crippen LogP contribution in [-0.4, -0.2) is 15.8 Å². The van der Waals surface area contributed by atoms with E-state index in [1.54, 1.807) is 0 Å². The Kier molecular flexibility index (Phi) is 15.6. The molecule has 2 fully saturated rings. The molecule has 1 saturated heterocycles. The Morgan fingerprint density at radius 2 is 1.49 bits per heavy atom. The number of fused-ring (bicyclic) bond motifs is 11. The van der Waals surface area contributed by atoms with E-state index in [-0.39, 0.29) is 21.8 Å². The standard InChI is InChI=1S/C80H88N4S/c1-14-17-28-55(16-3)46-72-71-52-79(11)41-23-24-42-80(79,12)84(71)70-51-62(83(61-32-25-31-57(48-61)56-29-19-18-20-30-56)69-36-26-34-65-63-33-21-22-35-68(63)82(13)75(65)69)50-67(76(70)85-72)64-40-38-59-47-58-37-39-60(78(9,10)44-43-77(6,7)8)49-66(58)73(59)74(64)81-54(5)45-53(4)27-15-2/h15-16,18-22,25-27,29-40,45-46,48-51H,3,14,17,23-24,28,41-44,47,52H2,1-2,4-13H3/b27-15-,53-45-,55-46+,81-54?. The first kappa shape index (κ1) is 58.1. The summed E-state index contributed by atoms with van der Waals surface area (Å²) in [6, 6.07) is 53.4. The second-order valence-electron chi connectivity index (χ2n) is 27.5. The lowest BCUT2D eigenvalue weighted by Gasteiger charge is -2.51. The summed E-state index contributed by atoms with van der Waals surface area (Å²) in [4.78, 5) is 14.1. The minimum Gasteiger partial charge on any atom is -0.342 e. The third-order valence-electron chi connectivity index (χ3n) is 19.8. The molecule has 4 aliphatic rings. The van der Waals surface area contributed by atoms with Crippen molar-refractivity contribution >= 4 is 67.7 Å². The highest BCUT2D eigenvalue weighted by Gasteiger charge is 2.58. The summed E-state index contributed by atoms with van der Waals surface area (Å²) in [6.07, 6.45) is 23.5. The van der Waals surface area contributed by atoms with Gasteiger partial charge in [-0.1, -0.05) is 207 Å². The van der Waals surface area contributed by atoms with Crippen molar-refractivity contribution in [3.8, 4) is 33.4 Å². The number of unbranched alkanes of at least 4 members (excludes halogenated alkanes) is 1. The quantitative estimate of drug-likeness (QED) is 0.0712. The fourth-order valence-electron chi connectivity index (χ4n) is 14.8. The van der Waals surface area contributed by atoms with E-state index >= 15 is 0 Å². The summed E-state index contributed by atoms with van der Waals surface area (Å²) in [6.45, 7) is 30.5. The first-order valence-corrected chi connectivity index (χ1v) is 32.5. The SMILES string of the molecule is C=C/C(=C\C1=C2CC3(C)CCCCC3(C)N2c2cc(N(c3cccc(-c4ccccc4)c3)c3cccc4c5ccccc5n(C)c34)cc(-c3ccc4c(c3N=C(C)/C=C(C)\C=C/C)-c3cc(C(C)(C)CCC(C)(C)C)ccc3C4)c2S1)CCCC. The predicted molar refractivity (Wildman–Crippen MR) is 370 cm³/mol. The van der Waals surface area contributed by atoms with Gasteiger partial charge in [-0.3, -0.25) is 4.99 Å². The van der Waals surface area contributed by atoms with E-state index < -0.39 is 0 Å². The van der Waals surface area contributed by atoms with Crippen molar-refractivity contribution in [2.75, 3.05) is 9.80 Å². The van der Waals surface area contributed by atoms with Gasteiger partial charge in [0.1, 0.15) is 0 Å². The van der Waals surface area contributed by atoms with E-state index in [0.717, 1.165) is 85.4 Å². The average Bonchev–Trinajstić information content (AvgIpc) is 1.78. The summed E-state index contributed by atoms with van der Waals surface area (Å²) in [5.74, 6) is 0. The normalized spacial score (nSPS) is 19.0. The van der Waals surface area contributed by atoms with Gasteiger partial charge in [-0.05, 0) is 188 Å². The van der Waals surface area contributed by atoms with E-state index in [2.05, 4.69) is 274 Å². The first-order valence-electron chi connectivity index (χ1n) is 31.6. The molecule has 0 spiro atoms. The third-order valence-corrected chi connectivity index (χ3v) is 21.0. The summed E-state index contributed by atoms with van der Waals surface area (Å²) >= 11 is 1.99. The Morgan fingerprint density at radius 1 is 0.753 bits per heavy atom. The molecule has 5 heteroatoms. The Labute approximate surface area is 512 Å². The monoisotopic (exact) mass is 1140 g/mol. The van der Waals surface area contributed by atoms with Crippen LogP contribution in [0.3, 0.4) is 0 Å². The van der Waals surface area contributed by atoms with Crippen LogP contribution in [0.5, 0.6) is 0 Å². The second-order valence-corrected chi connectivity index (χ2v) is 28.5. The third kappa shape index (κ3) is 10.6. The number of aliphatic imine (C=N–C) groups is 1. The Morgan fingerprint density at radius 3 is 2.27 bits per heavy atom. The lowest BCUT2D eigenvalue weighted by atomic mass is 9.63. The van der Waals surface area contributed by atoms with Gasteiger partial charge in [-0.15, -0.1) is 0 Å². The van der Waals surface area contributed by atoms with Gasteiger partial charge in [0.25, 0.3) is 0 Å². The van der Waals surface area contributed by atoms with Gasteiger partial charge in [-0.2, -0.15) is 0 Å². The smallest absolute Gasteiger partial charge is 0.0792 e. The Hall–Kier alpha value is -7.34. The molecule has 4 nitrogen and oxygen atoms in total. The minimum atomic E-state index is -0.128. The van der Waals surface area contributed by atoms with E-state index in [1.807, 2.05) is 11.8 Å². The number of rotatable bonds is 16. The van der Waals surface area contributed by atoms with Crippen molar-refractivity contribution in [1.82, 2.24) is 4.57 Å². The summed E-state index contributed by atoms with van der Waals surface area (Å²) in [5, 5.41) is 2.50. The minimum absolute atomic E-state index is 0.0123. The molecule has 0 N–H and O–H groups in total. The van der Waals surface area contributed by atoms with Crippen LogP contribution in [0.25, 0.3) is 55.2 Å². The predicted octanol–water partition coefficient (Wildman–Crippen LogP) is 23.6. The largest absolute Gasteiger partial charge is 0.342 e. The molecule has 0 radical (unpaired) electrons. The number of hydrogen-bond acceptors (Lipinski definition) is 4. The molecule has 434 valence electrons. The van der Waals surface area contributed by atoms with Crippen LogP contribution in [0, 0.1) is 10.8 Å². The topological polar surface area (TPSA) is 23.8 Å². The van der Waals surface area contributed by atoms with Crippen molar-refractivity contribution in [3.05, 3.63) is 215 Å². The van der Waals surface area contributed by atoms with Gasteiger partial charge >= 0.3 is 0 Å². The highest BCUT2D eigenvalue weighted by atomic mass is 32.2. The summed E-state index contributed by atoms with van der Waals surface area (Å²) < 4.78 is 2.42. The van der Waals surface area contributed by atoms with Crippen LogP contribution in [0.2, 0.25) is 0 Å². The van der Waals surface area contributed by atoms with Crippen LogP contribution in [0.1, 0.15) is 157 Å². The maximum atomic E-state index is 5.95. The van der Waals surface area contributed by atoms with Gasteiger partial charge in [0, 0.05) is 78.2 Å². The van der Waals surface area contributed by atoms with Gasteiger partial charge in [0.15, 0.2) is 0 Å². The maximum absolute atomic E-state index is 5.95. The van der Waals surface area contributed by atoms with Crippen molar-refractivity contribution in [3.63, 3.8) is 0 Å². The molecule has 7 aromatic carbocycles. The molecule has 3 heterocycles. The molecule has 2 unspecified atom stereocenters. The molecule has 2 aliphatic carbocycles. The molecule has 1 aromatic heterocycles. The van der Waals surface area contributed by atoms with E-state index in [1.165, 1.54) is 118 Å². The highest BCUT2D eigenvalue weighted by Crippen LogP contribution is 2.66. The van der Waals surface area contributed by atoms with Crippen molar-refractivity contribution < 1.29 is 0 Å². The number of aryl methyl sites for hydroxylation is 1. The number of anilines is 4. The lowest BCUT2D eigenvalue weighted by Crippen LogP contribution is -2.52. The molecule has 2 aliphatic heterocycles. The van der Waals surface area contributed by atoms with Crippen LogP contribution < -0.4 is 9.80 Å². The summed E-state index contributed by atoms with van der Waals surface area (Å²) in [7, 11) is 2.25. The Balaban J connectivity index is 1.20. The van der Waals surface area contributed by atoms with Gasteiger partial charge in [0.2, 0.25) is 0 Å². The average molecular weight is 1140 g/mol. The van der Waals surface area contributed by atoms with Gasteiger partial charge < -0.3 is 14.4 Å². The second kappa shape index (κ2) is 22.8. The van der Waals surface area contributed by atoms with Crippen molar-refractivity contribution in [2.45, 2.75) is 163 Å². The molecule has 0 bridgehead atoms. The number of allylic oxidation sites excluding steroid dienone is 8. The van der Waals surface area contributed by atoms with Crippen molar-refractivity contribution in [1.29, 1.82) is 0 Å². The number of benzene rings is 7. The fraction of sp³-hybridized carbons (Fsp3) is 0.338. The summed E-state index contributed by atoms with van der Waals surface area (Å²) in [5.41, 5.74) is 24.7. The molecule has 85 heavy (non-hydrogen) atoms. The molecular weight excluding hydrogens is 1050 g/mol. The maximum Gasteiger partial charge on any atom is 0.0792 e. The molecule has 1 saturated carbocycles. The lowest BCUT2D eigenvalue weighted by molar-refractivity contribution is 0.127. The van der Waals surface area contributed by atoms with Crippen LogP contribution in [0.4, 0.5) is 28.4 Å². The number of para-hydroxylation sites is 2. The van der Waals surface area contributed by atoms with E-state index in [9.17, 15) is 0 Å². The molecule has 12 rings (SSSR count). The molecule has 8 aromatic rings. The van der Waals surface area contributed by atoms with Gasteiger partial charge in [-0.25, -0.2) is 0 Å². The number of thioether (sulfide) groups is 1. The van der Waals surface area contributed by atoms with E-state index in [4.69, 9.17) is 4.99 Å². The zero-order chi connectivity index (χ0) is 59.6. The molecule has 0 amide bonds. The van der Waals surface area contributed by atoms with Crippen molar-refractivity contribution in [2.24, 2.45) is 22.9 Å². The molecular formula is C80H88N4S. The zero-order valence-electron chi connectivity index (χ0n) is 52.8. The number of aromatic nitrogens is 1. The van der Waals surface area contributed by atoms with Crippen LogP contribution >= 0.6 is 11.8 Å². The van der Waals surface area contributed by atoms with Crippen LogP contribution in [0.15, 0.2) is 208 Å². The first-order chi connectivity index (χ1) is 40.8. The Bertz CT molecular complexity index is 4090. The number of nitrogens with zero attached hydrogens (tertiary/aromatic N) is 4. The van der Waals surface area contributed by atoms with Gasteiger partial charge in [0.05, 0.1) is 22.6 Å². The van der Waals surface area contributed by atoms with E-state index in [0.29, 0.717) is 0 Å². The highest BCUT2D eigenvalue weighted by molar-refractivity contribution is 8.03.